The number of rotatable bonds is 2. The molecule has 2 aromatic heterocycles. The van der Waals surface area contributed by atoms with Crippen molar-refractivity contribution in [2.24, 2.45) is 11.1 Å². The fourth-order valence-electron chi connectivity index (χ4n) is 3.12. The number of hydrogen-bond donors (Lipinski definition) is 1. The van der Waals surface area contributed by atoms with Crippen molar-refractivity contribution in [2.45, 2.75) is 46.6 Å². The van der Waals surface area contributed by atoms with E-state index in [9.17, 15) is 4.79 Å². The van der Waals surface area contributed by atoms with Crippen LogP contribution in [0.4, 0.5) is 0 Å². The lowest BCUT2D eigenvalue weighted by atomic mass is 9.79. The lowest BCUT2D eigenvalue weighted by Crippen LogP contribution is -2.54. The van der Waals surface area contributed by atoms with Crippen LogP contribution in [0, 0.1) is 19.3 Å². The van der Waals surface area contributed by atoms with Crippen molar-refractivity contribution < 1.29 is 4.79 Å². The van der Waals surface area contributed by atoms with Gasteiger partial charge in [0.05, 0.1) is 6.42 Å². The molecule has 0 aromatic carbocycles. The molecule has 0 spiro atoms. The van der Waals surface area contributed by atoms with Crippen LogP contribution in [0.25, 0.3) is 5.78 Å². The molecule has 8 heteroatoms. The van der Waals surface area contributed by atoms with Gasteiger partial charge in [0.1, 0.15) is 0 Å². The number of amides is 1. The first kappa shape index (κ1) is 18.6. The number of carbonyl (C=O) groups excluding carboxylic acids is 1. The van der Waals surface area contributed by atoms with Crippen LogP contribution in [0.1, 0.15) is 37.5 Å². The molecule has 0 aliphatic carbocycles. The Balaban J connectivity index is 0.00000208. The molecule has 1 unspecified atom stereocenters. The van der Waals surface area contributed by atoms with Gasteiger partial charge in [0.25, 0.3) is 5.78 Å². The summed E-state index contributed by atoms with van der Waals surface area (Å²) in [6.45, 7) is 9.47. The molecule has 1 saturated heterocycles. The number of nitrogens with two attached hydrogens (primary N) is 1. The van der Waals surface area contributed by atoms with E-state index in [0.29, 0.717) is 24.7 Å². The van der Waals surface area contributed by atoms with Crippen molar-refractivity contribution in [1.82, 2.24) is 24.5 Å². The molecule has 1 aliphatic rings. The van der Waals surface area contributed by atoms with Crippen LogP contribution in [0.15, 0.2) is 6.07 Å². The van der Waals surface area contributed by atoms with Crippen molar-refractivity contribution in [1.29, 1.82) is 0 Å². The van der Waals surface area contributed by atoms with Gasteiger partial charge in [-0.1, -0.05) is 13.8 Å². The van der Waals surface area contributed by atoms with E-state index in [1.807, 2.05) is 24.8 Å². The molecule has 1 aliphatic heterocycles. The number of nitrogens with zero attached hydrogens (tertiary/aromatic N) is 5. The topological polar surface area (TPSA) is 89.4 Å². The molecule has 3 rings (SSSR count). The summed E-state index contributed by atoms with van der Waals surface area (Å²) in [6, 6.07) is 2.08. The normalized spacial score (nSPS) is 20.0. The first-order chi connectivity index (χ1) is 10.8. The molecule has 1 fully saturated rings. The number of hydrogen-bond acceptors (Lipinski definition) is 5. The minimum atomic E-state index is -0.0600. The van der Waals surface area contributed by atoms with Gasteiger partial charge in [-0.2, -0.15) is 4.98 Å². The monoisotopic (exact) mass is 352 g/mol. The summed E-state index contributed by atoms with van der Waals surface area (Å²) in [6.07, 6.45) is 1.03. The van der Waals surface area contributed by atoms with Gasteiger partial charge in [0.2, 0.25) is 5.91 Å². The van der Waals surface area contributed by atoms with Crippen molar-refractivity contribution >= 4 is 24.1 Å². The van der Waals surface area contributed by atoms with E-state index >= 15 is 0 Å². The number of carbonyl (C=O) groups is 1. The van der Waals surface area contributed by atoms with E-state index < -0.39 is 0 Å². The molecule has 24 heavy (non-hydrogen) atoms. The second kappa shape index (κ2) is 6.64. The molecule has 0 radical (unpaired) electrons. The van der Waals surface area contributed by atoms with Gasteiger partial charge in [-0.25, -0.2) is 9.50 Å². The van der Waals surface area contributed by atoms with Crippen molar-refractivity contribution in [2.75, 3.05) is 13.1 Å². The zero-order valence-electron chi connectivity index (χ0n) is 14.6. The summed E-state index contributed by atoms with van der Waals surface area (Å²) in [4.78, 5) is 23.2. The number of piperidine rings is 1. The Morgan fingerprint density at radius 2 is 2.08 bits per heavy atom. The number of aryl methyl sites for hydroxylation is 2. The second-order valence-electron chi connectivity index (χ2n) is 7.15. The van der Waals surface area contributed by atoms with E-state index in [1.165, 1.54) is 0 Å². The van der Waals surface area contributed by atoms with Gasteiger partial charge in [-0.15, -0.1) is 17.5 Å². The first-order valence-corrected chi connectivity index (χ1v) is 7.99. The highest BCUT2D eigenvalue weighted by Crippen LogP contribution is 2.27. The highest BCUT2D eigenvalue weighted by atomic mass is 35.5. The van der Waals surface area contributed by atoms with Crippen LogP contribution in [0.2, 0.25) is 0 Å². The maximum absolute atomic E-state index is 12.6. The minimum Gasteiger partial charge on any atom is -0.342 e. The number of aromatic nitrogens is 4. The maximum Gasteiger partial charge on any atom is 0.252 e. The van der Waals surface area contributed by atoms with Crippen molar-refractivity contribution in [3.05, 3.63) is 23.3 Å². The molecule has 7 nitrogen and oxygen atoms in total. The van der Waals surface area contributed by atoms with E-state index in [2.05, 4.69) is 28.9 Å². The molecule has 1 atom stereocenters. The van der Waals surface area contributed by atoms with Crippen molar-refractivity contribution in [3.63, 3.8) is 0 Å². The molecular formula is C16H25ClN6O. The standard InChI is InChI=1S/C16H24N6O.ClH/c1-10-7-11(2)22-15(18-10)19-13(20-22)8-14(23)21-6-5-12(17)16(3,4)9-21;/h7,12H,5-6,8-9,17H2,1-4H3;1H. The molecule has 0 saturated carbocycles. The summed E-state index contributed by atoms with van der Waals surface area (Å²) >= 11 is 0. The highest BCUT2D eigenvalue weighted by Gasteiger charge is 2.35. The van der Waals surface area contributed by atoms with Gasteiger partial charge in [0, 0.05) is 30.5 Å². The number of fused-ring (bicyclic) bond motifs is 1. The summed E-state index contributed by atoms with van der Waals surface area (Å²) in [5, 5.41) is 4.41. The van der Waals surface area contributed by atoms with E-state index in [-0.39, 0.29) is 36.2 Å². The third kappa shape index (κ3) is 3.52. The van der Waals surface area contributed by atoms with Crippen molar-refractivity contribution in [3.8, 4) is 0 Å². The van der Waals surface area contributed by atoms with Crippen LogP contribution < -0.4 is 5.73 Å². The summed E-state index contributed by atoms with van der Waals surface area (Å²) in [7, 11) is 0. The lowest BCUT2D eigenvalue weighted by Gasteiger charge is -2.42. The van der Waals surface area contributed by atoms with Gasteiger partial charge < -0.3 is 10.6 Å². The molecule has 132 valence electrons. The Kier molecular flexibility index (Phi) is 5.15. The Hall–Kier alpha value is -1.73. The van der Waals surface area contributed by atoms with E-state index in [4.69, 9.17) is 5.73 Å². The molecule has 0 bridgehead atoms. The Morgan fingerprint density at radius 3 is 2.75 bits per heavy atom. The Labute approximate surface area is 148 Å². The minimum absolute atomic E-state index is 0. The third-order valence-electron chi connectivity index (χ3n) is 4.64. The first-order valence-electron chi connectivity index (χ1n) is 7.99. The average molecular weight is 353 g/mol. The van der Waals surface area contributed by atoms with Gasteiger partial charge in [-0.05, 0) is 31.7 Å². The van der Waals surface area contributed by atoms with Gasteiger partial charge >= 0.3 is 0 Å². The predicted molar refractivity (Wildman–Crippen MR) is 94.2 cm³/mol. The van der Waals surface area contributed by atoms with Crippen LogP contribution in [0.5, 0.6) is 0 Å². The largest absolute Gasteiger partial charge is 0.342 e. The number of halogens is 1. The van der Waals surface area contributed by atoms with Crippen LogP contribution in [-0.2, 0) is 11.2 Å². The quantitative estimate of drug-likeness (QED) is 0.879. The highest BCUT2D eigenvalue weighted by molar-refractivity contribution is 5.85. The molecular weight excluding hydrogens is 328 g/mol. The molecule has 2 aromatic rings. The van der Waals surface area contributed by atoms with Crippen LogP contribution >= 0.6 is 12.4 Å². The fourth-order valence-corrected chi connectivity index (χ4v) is 3.12. The number of likely N-dealkylation sites (tertiary alicyclic amines) is 1. The Bertz CT molecular complexity index is 756. The second-order valence-corrected chi connectivity index (χ2v) is 7.15. The van der Waals surface area contributed by atoms with Crippen LogP contribution in [-0.4, -0.2) is 49.5 Å². The predicted octanol–water partition coefficient (Wildman–Crippen LogP) is 1.29. The van der Waals surface area contributed by atoms with E-state index in [1.54, 1.807) is 4.52 Å². The lowest BCUT2D eigenvalue weighted by molar-refractivity contribution is -0.134. The van der Waals surface area contributed by atoms with Gasteiger partial charge in [0.15, 0.2) is 5.82 Å². The van der Waals surface area contributed by atoms with Gasteiger partial charge in [-0.3, -0.25) is 4.79 Å². The van der Waals surface area contributed by atoms with E-state index in [0.717, 1.165) is 17.8 Å². The zero-order chi connectivity index (χ0) is 16.8. The maximum atomic E-state index is 12.6. The van der Waals surface area contributed by atoms with Crippen LogP contribution in [0.3, 0.4) is 0 Å². The zero-order valence-corrected chi connectivity index (χ0v) is 15.4. The Morgan fingerprint density at radius 1 is 1.38 bits per heavy atom. The average Bonchev–Trinajstić information content (AvgIpc) is 2.84. The molecule has 1 amide bonds. The SMILES string of the molecule is Cc1cc(C)n2nc(CC(=O)N3CCC(N)C(C)(C)C3)nc2n1.Cl. The summed E-state index contributed by atoms with van der Waals surface area (Å²) in [5.41, 5.74) is 7.93. The molecule has 3 heterocycles. The smallest absolute Gasteiger partial charge is 0.252 e. The summed E-state index contributed by atoms with van der Waals surface area (Å²) < 4.78 is 1.69. The fraction of sp³-hybridized carbons (Fsp3) is 0.625. The summed E-state index contributed by atoms with van der Waals surface area (Å²) in [5.74, 6) is 1.12. The third-order valence-corrected chi connectivity index (χ3v) is 4.64. The molecule has 2 N–H and O–H groups in total.